The summed E-state index contributed by atoms with van der Waals surface area (Å²) in [6.07, 6.45) is 1.07. The van der Waals surface area contributed by atoms with E-state index in [1.54, 1.807) is 33.5 Å². The van der Waals surface area contributed by atoms with Crippen molar-refractivity contribution in [1.82, 2.24) is 14.8 Å². The van der Waals surface area contributed by atoms with E-state index in [1.165, 1.54) is 11.8 Å². The molecule has 0 amide bonds. The van der Waals surface area contributed by atoms with Crippen LogP contribution in [0.2, 0.25) is 0 Å². The molecule has 2 aromatic heterocycles. The lowest BCUT2D eigenvalue weighted by molar-refractivity contribution is 0.102. The second-order valence-electron chi connectivity index (χ2n) is 8.12. The summed E-state index contributed by atoms with van der Waals surface area (Å²) in [5.41, 5.74) is 3.48. The van der Waals surface area contributed by atoms with Crippen molar-refractivity contribution < 1.29 is 23.4 Å². The topological polar surface area (TPSA) is 88.6 Å². The molecule has 3 rings (SSSR count). The van der Waals surface area contributed by atoms with Gasteiger partial charge in [0.2, 0.25) is 11.6 Å². The third-order valence-corrected chi connectivity index (χ3v) is 6.27. The van der Waals surface area contributed by atoms with Gasteiger partial charge in [-0.2, -0.15) is 0 Å². The van der Waals surface area contributed by atoms with Crippen molar-refractivity contribution in [3.8, 4) is 28.7 Å². The van der Waals surface area contributed by atoms with Gasteiger partial charge in [-0.15, -0.1) is 10.2 Å². The zero-order valence-electron chi connectivity index (χ0n) is 20.2. The number of methoxy groups -OCH3 is 3. The average molecular weight is 474 g/mol. The van der Waals surface area contributed by atoms with Crippen LogP contribution in [0, 0.1) is 19.8 Å². The van der Waals surface area contributed by atoms with E-state index in [0.717, 1.165) is 29.9 Å². The predicted molar refractivity (Wildman–Crippen MR) is 128 cm³/mol. The van der Waals surface area contributed by atoms with Crippen LogP contribution in [0.1, 0.15) is 42.0 Å². The van der Waals surface area contributed by atoms with Crippen molar-refractivity contribution in [2.45, 2.75) is 45.9 Å². The standard InChI is InChI=1S/C24H31N3O5S/c1-14(2)8-9-27-15(3)10-18(16(27)4)19(28)13-33-24-26-25-23(32-24)17-11-20(29-5)22(31-7)21(12-17)30-6/h10-12,14H,8-9,13H2,1-7H3. The Morgan fingerprint density at radius 1 is 1.06 bits per heavy atom. The number of benzene rings is 1. The monoisotopic (exact) mass is 473 g/mol. The van der Waals surface area contributed by atoms with E-state index in [-0.39, 0.29) is 11.5 Å². The summed E-state index contributed by atoms with van der Waals surface area (Å²) in [7, 11) is 4.63. The molecule has 0 aliphatic rings. The number of ketones is 1. The lowest BCUT2D eigenvalue weighted by Gasteiger charge is -2.12. The molecule has 0 saturated heterocycles. The van der Waals surface area contributed by atoms with Crippen molar-refractivity contribution >= 4 is 17.5 Å². The number of hydrogen-bond donors (Lipinski definition) is 0. The van der Waals surface area contributed by atoms with E-state index < -0.39 is 0 Å². The normalized spacial score (nSPS) is 11.2. The third-order valence-electron chi connectivity index (χ3n) is 5.45. The van der Waals surface area contributed by atoms with Gasteiger partial charge in [0.15, 0.2) is 17.3 Å². The van der Waals surface area contributed by atoms with E-state index in [0.29, 0.717) is 39.8 Å². The van der Waals surface area contributed by atoms with Crippen LogP contribution in [-0.4, -0.2) is 47.6 Å². The number of carbonyl (C=O) groups is 1. The summed E-state index contributed by atoms with van der Waals surface area (Å²) in [5, 5.41) is 8.52. The summed E-state index contributed by atoms with van der Waals surface area (Å²) in [6.45, 7) is 9.36. The van der Waals surface area contributed by atoms with Gasteiger partial charge in [-0.3, -0.25) is 4.79 Å². The number of rotatable bonds is 11. The van der Waals surface area contributed by atoms with Crippen LogP contribution in [0.15, 0.2) is 27.8 Å². The molecule has 8 nitrogen and oxygen atoms in total. The van der Waals surface area contributed by atoms with Crippen LogP contribution >= 0.6 is 11.8 Å². The number of aryl methyl sites for hydroxylation is 1. The Bertz CT molecular complexity index is 1090. The summed E-state index contributed by atoms with van der Waals surface area (Å²) >= 11 is 1.22. The molecule has 0 aliphatic carbocycles. The number of Topliss-reactive ketones (excluding diaryl/α,β-unsaturated/α-hetero) is 1. The molecule has 0 spiro atoms. The molecule has 9 heteroatoms. The predicted octanol–water partition coefficient (Wildman–Crippen LogP) is 5.20. The van der Waals surface area contributed by atoms with Gasteiger partial charge in [0.1, 0.15) is 0 Å². The maximum atomic E-state index is 12.9. The first-order chi connectivity index (χ1) is 15.8. The van der Waals surface area contributed by atoms with E-state index >= 15 is 0 Å². The summed E-state index contributed by atoms with van der Waals surface area (Å²) in [5.74, 6) is 2.62. The van der Waals surface area contributed by atoms with Crippen LogP contribution in [0.25, 0.3) is 11.5 Å². The molecule has 0 aliphatic heterocycles. The molecular weight excluding hydrogens is 442 g/mol. The van der Waals surface area contributed by atoms with Crippen LogP contribution in [0.3, 0.4) is 0 Å². The Balaban J connectivity index is 1.72. The molecule has 0 saturated carbocycles. The average Bonchev–Trinajstić information content (AvgIpc) is 3.39. The minimum Gasteiger partial charge on any atom is -0.493 e. The highest BCUT2D eigenvalue weighted by Crippen LogP contribution is 2.41. The number of ether oxygens (including phenoxy) is 3. The second-order valence-corrected chi connectivity index (χ2v) is 9.04. The SMILES string of the molecule is COc1cc(-c2nnc(SCC(=O)c3cc(C)n(CCC(C)C)c3C)o2)cc(OC)c1OC. The van der Waals surface area contributed by atoms with Crippen molar-refractivity contribution in [3.05, 3.63) is 35.2 Å². The van der Waals surface area contributed by atoms with Crippen LogP contribution in [0.4, 0.5) is 0 Å². The lowest BCUT2D eigenvalue weighted by atomic mass is 10.1. The molecule has 1 aromatic carbocycles. The van der Waals surface area contributed by atoms with E-state index in [4.69, 9.17) is 18.6 Å². The molecular formula is C24H31N3O5S. The van der Waals surface area contributed by atoms with E-state index in [2.05, 4.69) is 28.6 Å². The van der Waals surface area contributed by atoms with Gasteiger partial charge in [0.05, 0.1) is 27.1 Å². The Labute approximate surface area is 198 Å². The van der Waals surface area contributed by atoms with Gasteiger partial charge in [-0.05, 0) is 44.4 Å². The fourth-order valence-electron chi connectivity index (χ4n) is 3.61. The van der Waals surface area contributed by atoms with E-state index in [1.807, 2.05) is 19.9 Å². The fraction of sp³-hybridized carbons (Fsp3) is 0.458. The highest BCUT2D eigenvalue weighted by Gasteiger charge is 2.20. The zero-order chi connectivity index (χ0) is 24.1. The molecule has 0 unspecified atom stereocenters. The molecule has 0 bridgehead atoms. The lowest BCUT2D eigenvalue weighted by Crippen LogP contribution is -2.08. The smallest absolute Gasteiger partial charge is 0.277 e. The molecule has 0 atom stereocenters. The molecule has 3 aromatic rings. The summed E-state index contributed by atoms with van der Waals surface area (Å²) in [4.78, 5) is 12.9. The molecule has 0 N–H and O–H groups in total. The molecule has 2 heterocycles. The summed E-state index contributed by atoms with van der Waals surface area (Å²) < 4.78 is 24.1. The van der Waals surface area contributed by atoms with E-state index in [9.17, 15) is 4.79 Å². The molecule has 0 fully saturated rings. The molecule has 0 radical (unpaired) electrons. The Morgan fingerprint density at radius 2 is 1.73 bits per heavy atom. The number of carbonyl (C=O) groups excluding carboxylic acids is 1. The number of thioether (sulfide) groups is 1. The highest BCUT2D eigenvalue weighted by atomic mass is 32.2. The van der Waals surface area contributed by atoms with Crippen LogP contribution in [0.5, 0.6) is 17.2 Å². The maximum absolute atomic E-state index is 12.9. The third kappa shape index (κ3) is 5.52. The van der Waals surface area contributed by atoms with Gasteiger partial charge < -0.3 is 23.2 Å². The first-order valence-electron chi connectivity index (χ1n) is 10.8. The van der Waals surface area contributed by atoms with Gasteiger partial charge in [-0.25, -0.2) is 0 Å². The number of nitrogens with zero attached hydrogens (tertiary/aromatic N) is 3. The quantitative estimate of drug-likeness (QED) is 0.277. The van der Waals surface area contributed by atoms with Gasteiger partial charge in [0.25, 0.3) is 5.22 Å². The van der Waals surface area contributed by atoms with Gasteiger partial charge >= 0.3 is 0 Å². The van der Waals surface area contributed by atoms with Crippen LogP contribution < -0.4 is 14.2 Å². The Kier molecular flexibility index (Phi) is 8.07. The highest BCUT2D eigenvalue weighted by molar-refractivity contribution is 7.99. The Hall–Kier alpha value is -2.94. The number of aromatic nitrogens is 3. The Morgan fingerprint density at radius 3 is 2.30 bits per heavy atom. The first-order valence-corrected chi connectivity index (χ1v) is 11.7. The minimum absolute atomic E-state index is 0.0384. The van der Waals surface area contributed by atoms with Gasteiger partial charge in [0, 0.05) is 29.1 Å². The molecule has 178 valence electrons. The summed E-state index contributed by atoms with van der Waals surface area (Å²) in [6, 6.07) is 5.44. The minimum atomic E-state index is 0.0384. The zero-order valence-corrected chi connectivity index (χ0v) is 21.0. The largest absolute Gasteiger partial charge is 0.493 e. The van der Waals surface area contributed by atoms with Crippen molar-refractivity contribution in [3.63, 3.8) is 0 Å². The maximum Gasteiger partial charge on any atom is 0.277 e. The first kappa shape index (κ1) is 24.7. The van der Waals surface area contributed by atoms with Gasteiger partial charge in [-0.1, -0.05) is 25.6 Å². The second kappa shape index (κ2) is 10.8. The van der Waals surface area contributed by atoms with Crippen LogP contribution in [-0.2, 0) is 6.54 Å². The van der Waals surface area contributed by atoms with Crippen molar-refractivity contribution in [2.24, 2.45) is 5.92 Å². The van der Waals surface area contributed by atoms with Crippen molar-refractivity contribution in [2.75, 3.05) is 27.1 Å². The fourth-order valence-corrected chi connectivity index (χ4v) is 4.26. The number of hydrogen-bond acceptors (Lipinski definition) is 8. The van der Waals surface area contributed by atoms with Crippen molar-refractivity contribution in [1.29, 1.82) is 0 Å². The molecule has 33 heavy (non-hydrogen) atoms.